The maximum absolute atomic E-state index is 12.9. The first-order valence-electron chi connectivity index (χ1n) is 7.92. The van der Waals surface area contributed by atoms with Crippen LogP contribution in [0.5, 0.6) is 0 Å². The lowest BCUT2D eigenvalue weighted by atomic mass is 9.78. The maximum Gasteiger partial charge on any atom is 0.451 e. The van der Waals surface area contributed by atoms with Gasteiger partial charge in [-0.1, -0.05) is 6.42 Å². The van der Waals surface area contributed by atoms with Crippen molar-refractivity contribution in [3.8, 4) is 0 Å². The minimum absolute atomic E-state index is 0.105. The van der Waals surface area contributed by atoms with Crippen LogP contribution in [0.1, 0.15) is 12.8 Å². The number of benzene rings is 1. The largest absolute Gasteiger partial charge is 0.480 e. The SMILES string of the molecule is N[C@]1(C(=O)O)CN(C(=O)Nc2ccc(F)cc2)C[C@@H]1CCCB(O)O. The van der Waals surface area contributed by atoms with Gasteiger partial charge in [-0.3, -0.25) is 4.79 Å². The summed E-state index contributed by atoms with van der Waals surface area (Å²) in [4.78, 5) is 25.2. The van der Waals surface area contributed by atoms with E-state index in [0.29, 0.717) is 18.5 Å². The third kappa shape index (κ3) is 4.68. The lowest BCUT2D eigenvalue weighted by Gasteiger charge is -2.25. The van der Waals surface area contributed by atoms with E-state index in [4.69, 9.17) is 15.8 Å². The third-order valence-electron chi connectivity index (χ3n) is 4.42. The molecule has 25 heavy (non-hydrogen) atoms. The summed E-state index contributed by atoms with van der Waals surface area (Å²) in [6, 6.07) is 4.68. The number of hydrogen-bond acceptors (Lipinski definition) is 5. The first kappa shape index (κ1) is 19.2. The Bertz CT molecular complexity index is 630. The maximum atomic E-state index is 12.9. The predicted molar refractivity (Wildman–Crippen MR) is 89.3 cm³/mol. The Labute approximate surface area is 144 Å². The number of rotatable bonds is 6. The van der Waals surface area contributed by atoms with Crippen LogP contribution in [0.4, 0.5) is 14.9 Å². The number of aliphatic carboxylic acids is 1. The van der Waals surface area contributed by atoms with E-state index in [0.717, 1.165) is 0 Å². The summed E-state index contributed by atoms with van der Waals surface area (Å²) >= 11 is 0. The van der Waals surface area contributed by atoms with E-state index in [9.17, 15) is 19.1 Å². The molecule has 0 radical (unpaired) electrons. The molecule has 1 heterocycles. The van der Waals surface area contributed by atoms with Crippen molar-refractivity contribution in [1.29, 1.82) is 0 Å². The first-order chi connectivity index (χ1) is 11.7. The van der Waals surface area contributed by atoms with Crippen molar-refractivity contribution in [3.63, 3.8) is 0 Å². The van der Waals surface area contributed by atoms with Crippen LogP contribution in [0.2, 0.25) is 6.32 Å². The number of nitrogens with zero attached hydrogens (tertiary/aromatic N) is 1. The number of nitrogens with one attached hydrogen (secondary N) is 1. The number of urea groups is 1. The lowest BCUT2D eigenvalue weighted by Crippen LogP contribution is -2.55. The quantitative estimate of drug-likeness (QED) is 0.468. The smallest absolute Gasteiger partial charge is 0.451 e. The highest BCUT2D eigenvalue weighted by Gasteiger charge is 2.50. The van der Waals surface area contributed by atoms with E-state index in [1.54, 1.807) is 0 Å². The Morgan fingerprint density at radius 1 is 1.36 bits per heavy atom. The number of carbonyl (C=O) groups excluding carboxylic acids is 1. The fourth-order valence-electron chi connectivity index (χ4n) is 2.97. The highest BCUT2D eigenvalue weighted by molar-refractivity contribution is 6.40. The number of halogens is 1. The molecule has 8 nitrogen and oxygen atoms in total. The standard InChI is InChI=1S/C15H21BFN3O5/c17-11-3-5-12(6-4-11)19-14(23)20-8-10(2-1-7-16(24)25)15(18,9-20)13(21)22/h3-6,10,24-25H,1-2,7-9,18H2,(H,19,23)(H,21,22)/t10-,15+/m0/s1. The van der Waals surface area contributed by atoms with Gasteiger partial charge in [0.15, 0.2) is 0 Å². The van der Waals surface area contributed by atoms with Crippen molar-refractivity contribution in [2.24, 2.45) is 11.7 Å². The Hall–Kier alpha value is -2.17. The highest BCUT2D eigenvalue weighted by Crippen LogP contribution is 2.31. The summed E-state index contributed by atoms with van der Waals surface area (Å²) in [6.45, 7) is -0.0287. The second-order valence-electron chi connectivity index (χ2n) is 6.27. The normalized spacial score (nSPS) is 22.7. The Morgan fingerprint density at radius 3 is 2.56 bits per heavy atom. The van der Waals surface area contributed by atoms with Crippen molar-refractivity contribution in [1.82, 2.24) is 4.90 Å². The van der Waals surface area contributed by atoms with Gasteiger partial charge in [0, 0.05) is 18.2 Å². The number of nitrogens with two attached hydrogens (primary N) is 1. The summed E-state index contributed by atoms with van der Waals surface area (Å²) in [5.74, 6) is -2.15. The van der Waals surface area contributed by atoms with Crippen LogP contribution < -0.4 is 11.1 Å². The number of amides is 2. The fraction of sp³-hybridized carbons (Fsp3) is 0.467. The fourth-order valence-corrected chi connectivity index (χ4v) is 2.97. The lowest BCUT2D eigenvalue weighted by molar-refractivity contribution is -0.144. The number of carboxylic acid groups (broad SMARTS) is 1. The molecule has 0 aromatic heterocycles. The molecule has 6 N–H and O–H groups in total. The first-order valence-corrected chi connectivity index (χ1v) is 7.92. The van der Waals surface area contributed by atoms with Gasteiger partial charge in [-0.25, -0.2) is 9.18 Å². The predicted octanol–water partition coefficient (Wildman–Crippen LogP) is 0.324. The molecule has 1 fully saturated rings. The monoisotopic (exact) mass is 353 g/mol. The highest BCUT2D eigenvalue weighted by atomic mass is 19.1. The molecule has 0 aliphatic carbocycles. The molecular formula is C15H21BFN3O5. The van der Waals surface area contributed by atoms with Gasteiger partial charge in [0.1, 0.15) is 11.4 Å². The molecular weight excluding hydrogens is 332 g/mol. The van der Waals surface area contributed by atoms with Crippen LogP contribution in [0.25, 0.3) is 0 Å². The molecule has 1 aromatic rings. The van der Waals surface area contributed by atoms with E-state index >= 15 is 0 Å². The molecule has 1 aliphatic rings. The van der Waals surface area contributed by atoms with E-state index in [1.165, 1.54) is 29.2 Å². The van der Waals surface area contributed by atoms with Crippen LogP contribution in [0.15, 0.2) is 24.3 Å². The van der Waals surface area contributed by atoms with E-state index in [1.807, 2.05) is 0 Å². The minimum atomic E-state index is -1.60. The van der Waals surface area contributed by atoms with E-state index < -0.39 is 36.4 Å². The number of hydrogen-bond donors (Lipinski definition) is 5. The van der Waals surface area contributed by atoms with Crippen molar-refractivity contribution >= 4 is 24.8 Å². The zero-order valence-corrected chi connectivity index (χ0v) is 13.6. The van der Waals surface area contributed by atoms with Gasteiger partial charge < -0.3 is 31.1 Å². The number of carbonyl (C=O) groups is 2. The van der Waals surface area contributed by atoms with Crippen LogP contribution in [-0.2, 0) is 4.79 Å². The molecule has 0 bridgehead atoms. The molecule has 2 amide bonds. The zero-order chi connectivity index (χ0) is 18.6. The van der Waals surface area contributed by atoms with Gasteiger partial charge in [0.25, 0.3) is 0 Å². The Kier molecular flexibility index (Phi) is 5.99. The Balaban J connectivity index is 2.02. The van der Waals surface area contributed by atoms with Gasteiger partial charge in [-0.2, -0.15) is 0 Å². The third-order valence-corrected chi connectivity index (χ3v) is 4.42. The molecule has 2 rings (SSSR count). The molecule has 2 atom stereocenters. The van der Waals surface area contributed by atoms with Crippen LogP contribution in [0, 0.1) is 11.7 Å². The van der Waals surface area contributed by atoms with Crippen LogP contribution in [0.3, 0.4) is 0 Å². The van der Waals surface area contributed by atoms with E-state index in [2.05, 4.69) is 5.32 Å². The summed E-state index contributed by atoms with van der Waals surface area (Å²) in [7, 11) is -1.46. The summed E-state index contributed by atoms with van der Waals surface area (Å²) in [5.41, 5.74) is 4.80. The molecule has 1 aliphatic heterocycles. The van der Waals surface area contributed by atoms with Gasteiger partial charge in [-0.05, 0) is 37.0 Å². The van der Waals surface area contributed by atoms with Crippen molar-refractivity contribution in [2.45, 2.75) is 24.7 Å². The van der Waals surface area contributed by atoms with Crippen LogP contribution in [-0.4, -0.2) is 57.8 Å². The number of anilines is 1. The Morgan fingerprint density at radius 2 is 2.00 bits per heavy atom. The van der Waals surface area contributed by atoms with Gasteiger partial charge in [-0.15, -0.1) is 0 Å². The second kappa shape index (κ2) is 7.81. The summed E-state index contributed by atoms with van der Waals surface area (Å²) in [6.07, 6.45) is 0.830. The summed E-state index contributed by atoms with van der Waals surface area (Å²) in [5, 5.41) is 29.8. The van der Waals surface area contributed by atoms with Crippen LogP contribution >= 0.6 is 0 Å². The molecule has 136 valence electrons. The molecule has 1 saturated heterocycles. The average molecular weight is 353 g/mol. The van der Waals surface area contributed by atoms with Crippen molar-refractivity contribution in [2.75, 3.05) is 18.4 Å². The van der Waals surface area contributed by atoms with Gasteiger partial charge in [0.2, 0.25) is 0 Å². The van der Waals surface area contributed by atoms with E-state index in [-0.39, 0.29) is 19.4 Å². The second-order valence-corrected chi connectivity index (χ2v) is 6.27. The summed E-state index contributed by atoms with van der Waals surface area (Å²) < 4.78 is 12.9. The molecule has 10 heteroatoms. The van der Waals surface area contributed by atoms with Crippen molar-refractivity contribution in [3.05, 3.63) is 30.1 Å². The molecule has 0 spiro atoms. The number of likely N-dealkylation sites (tertiary alicyclic amines) is 1. The minimum Gasteiger partial charge on any atom is -0.480 e. The number of carboxylic acids is 1. The zero-order valence-electron chi connectivity index (χ0n) is 13.6. The van der Waals surface area contributed by atoms with Gasteiger partial charge >= 0.3 is 19.1 Å². The molecule has 1 aromatic carbocycles. The molecule has 0 unspecified atom stereocenters. The topological polar surface area (TPSA) is 136 Å². The van der Waals surface area contributed by atoms with Gasteiger partial charge in [0.05, 0.1) is 6.54 Å². The van der Waals surface area contributed by atoms with Crippen molar-refractivity contribution < 1.29 is 29.1 Å². The average Bonchev–Trinajstić information content (AvgIpc) is 2.88. The molecule has 0 saturated carbocycles.